The zero-order valence-corrected chi connectivity index (χ0v) is 55.7. The summed E-state index contributed by atoms with van der Waals surface area (Å²) in [4.78, 5) is 116. The number of fused-ring (bicyclic) bond motifs is 15. The lowest BCUT2D eigenvalue weighted by molar-refractivity contribution is -0.333. The number of carboxylic acid groups (broad SMARTS) is 2. The first-order valence-electron chi connectivity index (χ1n) is 31.6. The number of phenolic OH excluding ortho intramolecular Hbond substituents is 3. The molecule has 7 aliphatic rings. The monoisotopic (exact) mass is 1450 g/mol. The predicted molar refractivity (Wildman–Crippen MR) is 348 cm³/mol. The molecule has 542 valence electrons. The number of aliphatic hydroxyl groups excluding tert-OH is 6. The molecule has 35 heteroatoms. The van der Waals surface area contributed by atoms with Gasteiger partial charge in [-0.1, -0.05) is 55.2 Å². The van der Waals surface area contributed by atoms with Crippen molar-refractivity contribution in [2.24, 2.45) is 11.7 Å². The van der Waals surface area contributed by atoms with Crippen molar-refractivity contribution >= 4 is 70.6 Å². The quantitative estimate of drug-likeness (QED) is 0.0771. The largest absolute Gasteiger partial charge is 0.508 e. The number of carboxylic acids is 2. The molecule has 2 saturated heterocycles. The summed E-state index contributed by atoms with van der Waals surface area (Å²) in [5, 5.41) is 141. The minimum atomic E-state index is -2.39. The zero-order chi connectivity index (χ0) is 73.5. The zero-order valence-electron chi connectivity index (χ0n) is 54.2. The highest BCUT2D eigenvalue weighted by molar-refractivity contribution is 6.32. The number of halogens is 2. The molecule has 0 aliphatic carbocycles. The Morgan fingerprint density at radius 2 is 1.31 bits per heavy atom. The van der Waals surface area contributed by atoms with Gasteiger partial charge in [0, 0.05) is 34.7 Å². The van der Waals surface area contributed by atoms with Crippen LogP contribution in [-0.4, -0.2) is 196 Å². The highest BCUT2D eigenvalue weighted by atomic mass is 35.5. The van der Waals surface area contributed by atoms with Gasteiger partial charge in [0.05, 0.1) is 41.3 Å². The molecular formula is C66H74Cl2N8O25. The first-order chi connectivity index (χ1) is 47.7. The van der Waals surface area contributed by atoms with Crippen LogP contribution in [0.3, 0.4) is 0 Å². The Labute approximate surface area is 583 Å². The van der Waals surface area contributed by atoms with Crippen molar-refractivity contribution in [3.8, 4) is 57.1 Å². The molecule has 18 atom stereocenters. The van der Waals surface area contributed by atoms with Crippen LogP contribution in [0.2, 0.25) is 10.0 Å². The second-order valence-electron chi connectivity index (χ2n) is 25.6. The maximum absolute atomic E-state index is 16.0. The van der Waals surface area contributed by atoms with Crippen LogP contribution in [0, 0.1) is 5.92 Å². The van der Waals surface area contributed by atoms with Crippen LogP contribution in [0.1, 0.15) is 105 Å². The van der Waals surface area contributed by atoms with Crippen molar-refractivity contribution in [2.45, 2.75) is 156 Å². The fourth-order valence-electron chi connectivity index (χ4n) is 12.5. The average molecular weight is 1450 g/mol. The van der Waals surface area contributed by atoms with Crippen molar-refractivity contribution in [3.63, 3.8) is 0 Å². The van der Waals surface area contributed by atoms with Crippen LogP contribution < -0.4 is 57.2 Å². The van der Waals surface area contributed by atoms with Gasteiger partial charge in [0.2, 0.25) is 47.5 Å². The van der Waals surface area contributed by atoms with Crippen molar-refractivity contribution in [1.29, 1.82) is 0 Å². The van der Waals surface area contributed by atoms with E-state index in [9.17, 15) is 80.1 Å². The summed E-state index contributed by atoms with van der Waals surface area (Å²) in [7, 11) is 1.46. The third kappa shape index (κ3) is 15.8. The van der Waals surface area contributed by atoms with Gasteiger partial charge in [-0.2, -0.15) is 0 Å². The lowest BCUT2D eigenvalue weighted by Gasteiger charge is -2.47. The van der Waals surface area contributed by atoms with Crippen molar-refractivity contribution in [3.05, 3.63) is 117 Å². The van der Waals surface area contributed by atoms with E-state index in [0.29, 0.717) is 0 Å². The minimum Gasteiger partial charge on any atom is -0.508 e. The molecule has 2 fully saturated rings. The van der Waals surface area contributed by atoms with Crippen LogP contribution >= 0.6 is 23.2 Å². The summed E-state index contributed by atoms with van der Waals surface area (Å²) in [6, 6.07) is -1.14. The molecule has 6 amide bonds. The van der Waals surface area contributed by atoms with Crippen LogP contribution in [-0.2, 0) is 52.6 Å². The number of aromatic hydroxyl groups is 3. The summed E-state index contributed by atoms with van der Waals surface area (Å²) in [6.45, 7) is 5.62. The number of amides is 6. The first-order valence-corrected chi connectivity index (χ1v) is 32.3. The molecule has 101 heavy (non-hydrogen) atoms. The Balaban J connectivity index is 1.24. The fraction of sp³-hybridized carbons (Fsp3) is 0.424. The number of nitrogens with two attached hydrogens (primary N) is 1. The average Bonchev–Trinajstić information content (AvgIpc) is 0.775. The molecule has 2 unspecified atom stereocenters. The molecule has 0 aromatic heterocycles. The topological polar surface area (TPSA) is 525 Å². The number of ether oxygens (including phenoxy) is 6. The standard InChI is InChI=1S/C66H74Cl2N8O25/c1-23(2)12-34(70-5)58(88)75-49-51(83)26-7-10-38(32(67)14-26)97-40-16-28-17-41(55(40)101-65-56(54(86)53(85)42(22-77)99-65)100-44-21-66(4,69)57(87)24(3)96-44)98-39-11-8-27(15-33(39)68)52(84)50-63(93)74-48(64(94)95)31-18-29(78)19-37(80)45(31)30-13-25(6-9-36(30)79)46(60(90)76-50)73-61(91)47(28)72-59(89)35(20-43(81)82)71-62(49)92/h6-11,13-19,23-24,34-35,42,44,46-54,56-57,65,70,77-80,83-87H,12,20-22,69H2,1-5H3,(H,71,92)(H,72,89)(H,73,91)(H,74,93)(H,75,88)(H,76,90)(H,81,82)(H,94,95)/t24-,34+,35-,42+,44?,46+,47+,48-,49+,50-,51+,52+,53+,54-,56?,57+,65-,66-/m0/s1. The third-order valence-corrected chi connectivity index (χ3v) is 18.3. The lowest BCUT2D eigenvalue weighted by atomic mass is 9.86. The molecule has 7 aliphatic heterocycles. The van der Waals surface area contributed by atoms with Gasteiger partial charge in [-0.25, -0.2) is 4.79 Å². The van der Waals surface area contributed by atoms with E-state index < -0.39 is 237 Å². The molecular weight excluding hydrogens is 1380 g/mol. The van der Waals surface area contributed by atoms with E-state index in [0.717, 1.165) is 66.7 Å². The normalized spacial score (nSPS) is 29.4. The number of nitrogens with one attached hydrogen (secondary N) is 7. The fourth-order valence-corrected chi connectivity index (χ4v) is 12.9. The van der Waals surface area contributed by atoms with Gasteiger partial charge in [-0.3, -0.25) is 33.6 Å². The number of hydrogen-bond acceptors (Lipinski definition) is 25. The summed E-state index contributed by atoms with van der Waals surface area (Å²) in [6.07, 6.45) is -18.9. The Hall–Kier alpha value is -9.20. The van der Waals surface area contributed by atoms with Crippen LogP contribution in [0.25, 0.3) is 11.1 Å². The van der Waals surface area contributed by atoms with E-state index in [-0.39, 0.29) is 46.2 Å². The first kappa shape index (κ1) is 74.5. The molecule has 5 aromatic rings. The van der Waals surface area contributed by atoms with Gasteiger partial charge >= 0.3 is 11.9 Å². The molecule has 7 heterocycles. The predicted octanol–water partition coefficient (Wildman–Crippen LogP) is 0.706. The number of aliphatic carboxylic acids is 2. The van der Waals surface area contributed by atoms with E-state index >= 15 is 14.4 Å². The van der Waals surface area contributed by atoms with Gasteiger partial charge in [0.15, 0.2) is 29.9 Å². The van der Waals surface area contributed by atoms with Crippen LogP contribution in [0.5, 0.6) is 46.0 Å². The van der Waals surface area contributed by atoms with E-state index in [1.807, 2.05) is 0 Å². The molecule has 20 N–H and O–H groups in total. The maximum atomic E-state index is 16.0. The number of carbonyl (C=O) groups is 8. The van der Waals surface area contributed by atoms with Crippen LogP contribution in [0.4, 0.5) is 0 Å². The maximum Gasteiger partial charge on any atom is 0.330 e. The Bertz CT molecular complexity index is 4070. The molecule has 0 radical (unpaired) electrons. The molecule has 0 spiro atoms. The second-order valence-corrected chi connectivity index (χ2v) is 26.5. The summed E-state index contributed by atoms with van der Waals surface area (Å²) in [5.74, 6) is -16.8. The molecule has 5 aromatic carbocycles. The molecule has 0 saturated carbocycles. The highest BCUT2D eigenvalue weighted by Crippen LogP contribution is 2.50. The number of aliphatic hydroxyl groups is 6. The van der Waals surface area contributed by atoms with Gasteiger partial charge < -0.3 is 128 Å². The summed E-state index contributed by atoms with van der Waals surface area (Å²) >= 11 is 14.1. The highest BCUT2D eigenvalue weighted by Gasteiger charge is 2.51. The van der Waals surface area contributed by atoms with Crippen molar-refractivity contribution in [2.75, 3.05) is 13.7 Å². The number of carbonyl (C=O) groups excluding carboxylic acids is 6. The number of benzene rings is 5. The van der Waals surface area contributed by atoms with Gasteiger partial charge in [0.1, 0.15) is 89.5 Å². The summed E-state index contributed by atoms with van der Waals surface area (Å²) < 4.78 is 38.2. The van der Waals surface area contributed by atoms with E-state index in [4.69, 9.17) is 57.4 Å². The van der Waals surface area contributed by atoms with Crippen LogP contribution in [0.15, 0.2) is 78.9 Å². The van der Waals surface area contributed by atoms with Crippen molar-refractivity contribution in [1.82, 2.24) is 37.2 Å². The Kier molecular flexibility index (Phi) is 22.2. The third-order valence-electron chi connectivity index (χ3n) is 17.7. The number of hydrogen-bond donors (Lipinski definition) is 19. The van der Waals surface area contributed by atoms with E-state index in [2.05, 4.69) is 37.2 Å². The number of rotatable bonds is 13. The lowest BCUT2D eigenvalue weighted by Crippen LogP contribution is -2.64. The SMILES string of the molecule is CN[C@H](CC(C)C)C(=O)N[C@H]1C(=O)N[C@@H](CC(=O)O)C(=O)N[C@H]2C(=O)N[C@H]3C(=O)N[C@H](C(=O)N[C@H](C(=O)O)c4cc(O)cc(O)c4-c4cc3ccc4O)[C@H](O)c3ccc(c(Cl)c3)Oc3cc2cc(c3O[C@@H]2O[C@H](CO)[C@@H](O)[C@H](O)C2OC2C[C@](C)(N)[C@H](O)[C@H](C)O2)Oc2ccc(cc2Cl)[C@H]1O. The van der Waals surface area contributed by atoms with E-state index in [1.54, 1.807) is 13.8 Å². The second kappa shape index (κ2) is 30.2. The number of phenols is 3. The number of likely N-dealkylation sites (N-methyl/N-ethyl adjacent to an activating group) is 1. The molecule has 33 nitrogen and oxygen atoms in total. The van der Waals surface area contributed by atoms with Gasteiger partial charge in [0.25, 0.3) is 0 Å². The van der Waals surface area contributed by atoms with Gasteiger partial charge in [-0.05, 0) is 110 Å². The summed E-state index contributed by atoms with van der Waals surface area (Å²) in [5.41, 5.74) is 2.14. The minimum absolute atomic E-state index is 0.111. The van der Waals surface area contributed by atoms with E-state index in [1.165, 1.54) is 33.0 Å². The molecule has 11 bridgehead atoms. The van der Waals surface area contributed by atoms with Crippen molar-refractivity contribution < 1.29 is 123 Å². The van der Waals surface area contributed by atoms with Gasteiger partial charge in [-0.15, -0.1) is 0 Å². The molecule has 12 rings (SSSR count). The Morgan fingerprint density at radius 1 is 0.703 bits per heavy atom. The smallest absolute Gasteiger partial charge is 0.330 e. The Morgan fingerprint density at radius 3 is 1.89 bits per heavy atom.